The lowest BCUT2D eigenvalue weighted by atomic mass is 10.1. The second-order valence-corrected chi connectivity index (χ2v) is 5.87. The third-order valence-corrected chi connectivity index (χ3v) is 3.85. The molecule has 0 atom stereocenters. The van der Waals surface area contributed by atoms with Crippen molar-refractivity contribution >= 4 is 17.4 Å². The molecule has 128 valence electrons. The van der Waals surface area contributed by atoms with Crippen LogP contribution in [0, 0.1) is 20.8 Å². The summed E-state index contributed by atoms with van der Waals surface area (Å²) >= 11 is 0. The van der Waals surface area contributed by atoms with E-state index in [9.17, 15) is 4.79 Å². The largest absolute Gasteiger partial charge is 0.467 e. The molecule has 0 saturated heterocycles. The molecule has 1 aromatic carbocycles. The highest BCUT2D eigenvalue weighted by molar-refractivity contribution is 5.93. The lowest BCUT2D eigenvalue weighted by Gasteiger charge is -2.10. The summed E-state index contributed by atoms with van der Waals surface area (Å²) in [5.74, 6) is 1.52. The second kappa shape index (κ2) is 7.17. The Morgan fingerprint density at radius 3 is 2.64 bits per heavy atom. The predicted octanol–water partition coefficient (Wildman–Crippen LogP) is 3.67. The van der Waals surface area contributed by atoms with Gasteiger partial charge in [0.05, 0.1) is 12.8 Å². The highest BCUT2D eigenvalue weighted by Crippen LogP contribution is 2.19. The van der Waals surface area contributed by atoms with Crippen molar-refractivity contribution in [2.24, 2.45) is 0 Å². The lowest BCUT2D eigenvalue weighted by molar-refractivity contribution is 0.0942. The quantitative estimate of drug-likeness (QED) is 0.743. The van der Waals surface area contributed by atoms with E-state index in [0.717, 1.165) is 5.69 Å². The van der Waals surface area contributed by atoms with Crippen molar-refractivity contribution in [3.63, 3.8) is 0 Å². The highest BCUT2D eigenvalue weighted by Gasteiger charge is 2.11. The first-order chi connectivity index (χ1) is 12.0. The Bertz CT molecular complexity index is 888. The topological polar surface area (TPSA) is 80.0 Å². The van der Waals surface area contributed by atoms with Crippen molar-refractivity contribution in [3.8, 4) is 0 Å². The van der Waals surface area contributed by atoms with Gasteiger partial charge in [-0.15, -0.1) is 0 Å². The Balaban J connectivity index is 1.75. The molecule has 6 heteroatoms. The first-order valence-electron chi connectivity index (χ1n) is 8.02. The first kappa shape index (κ1) is 16.7. The fourth-order valence-corrected chi connectivity index (χ4v) is 2.39. The molecule has 0 fully saturated rings. The van der Waals surface area contributed by atoms with Crippen LogP contribution in [0.4, 0.5) is 11.5 Å². The molecule has 0 aliphatic heterocycles. The minimum atomic E-state index is -0.273. The predicted molar refractivity (Wildman–Crippen MR) is 95.8 cm³/mol. The smallest absolute Gasteiger partial charge is 0.270 e. The third-order valence-electron chi connectivity index (χ3n) is 3.85. The molecule has 0 saturated carbocycles. The molecule has 2 heterocycles. The molecular formula is C19H20N4O2. The zero-order chi connectivity index (χ0) is 17.8. The average molecular weight is 336 g/mol. The Hall–Kier alpha value is -3.15. The van der Waals surface area contributed by atoms with E-state index in [0.29, 0.717) is 29.6 Å². The molecule has 0 aliphatic carbocycles. The Morgan fingerprint density at radius 1 is 1.08 bits per heavy atom. The van der Waals surface area contributed by atoms with Gasteiger partial charge in [0, 0.05) is 11.8 Å². The number of anilines is 2. The summed E-state index contributed by atoms with van der Waals surface area (Å²) in [4.78, 5) is 20.9. The molecule has 0 spiro atoms. The zero-order valence-electron chi connectivity index (χ0n) is 14.5. The molecule has 2 aromatic heterocycles. The zero-order valence-corrected chi connectivity index (χ0v) is 14.5. The van der Waals surface area contributed by atoms with Gasteiger partial charge in [-0.1, -0.05) is 6.07 Å². The van der Waals surface area contributed by atoms with E-state index in [1.807, 2.05) is 18.2 Å². The fourth-order valence-electron chi connectivity index (χ4n) is 2.39. The van der Waals surface area contributed by atoms with Crippen molar-refractivity contribution < 1.29 is 9.21 Å². The Morgan fingerprint density at radius 2 is 1.92 bits per heavy atom. The van der Waals surface area contributed by atoms with Gasteiger partial charge < -0.3 is 15.1 Å². The van der Waals surface area contributed by atoms with Crippen molar-refractivity contribution in [3.05, 3.63) is 71.1 Å². The monoisotopic (exact) mass is 336 g/mol. The van der Waals surface area contributed by atoms with Gasteiger partial charge in [0.15, 0.2) is 0 Å². The number of hydrogen-bond donors (Lipinski definition) is 2. The van der Waals surface area contributed by atoms with Crippen LogP contribution in [-0.2, 0) is 6.54 Å². The van der Waals surface area contributed by atoms with Gasteiger partial charge in [0.25, 0.3) is 5.91 Å². The maximum atomic E-state index is 12.3. The van der Waals surface area contributed by atoms with Gasteiger partial charge in [0.2, 0.25) is 0 Å². The van der Waals surface area contributed by atoms with Gasteiger partial charge in [-0.25, -0.2) is 9.97 Å². The number of aryl methyl sites for hydroxylation is 3. The fraction of sp³-hybridized carbons (Fsp3) is 0.211. The van der Waals surface area contributed by atoms with Crippen LogP contribution in [0.2, 0.25) is 0 Å². The minimum absolute atomic E-state index is 0.273. The van der Waals surface area contributed by atoms with E-state index in [2.05, 4.69) is 34.4 Å². The molecule has 1 amide bonds. The summed E-state index contributed by atoms with van der Waals surface area (Å²) in [7, 11) is 0. The van der Waals surface area contributed by atoms with Gasteiger partial charge in [-0.3, -0.25) is 4.79 Å². The Labute approximate surface area is 146 Å². The Kier molecular flexibility index (Phi) is 4.79. The van der Waals surface area contributed by atoms with Crippen LogP contribution in [0.25, 0.3) is 0 Å². The van der Waals surface area contributed by atoms with Crippen LogP contribution in [-0.4, -0.2) is 15.9 Å². The molecule has 3 aromatic rings. The summed E-state index contributed by atoms with van der Waals surface area (Å²) < 4.78 is 5.21. The molecule has 0 aliphatic rings. The van der Waals surface area contributed by atoms with Crippen molar-refractivity contribution in [2.45, 2.75) is 27.3 Å². The van der Waals surface area contributed by atoms with Gasteiger partial charge >= 0.3 is 0 Å². The average Bonchev–Trinajstić information content (AvgIpc) is 3.09. The number of benzene rings is 1. The summed E-state index contributed by atoms with van der Waals surface area (Å²) in [6, 6.07) is 11.3. The molecule has 0 radical (unpaired) electrons. The van der Waals surface area contributed by atoms with Gasteiger partial charge in [-0.05, 0) is 56.2 Å². The molecule has 25 heavy (non-hydrogen) atoms. The number of carbonyl (C=O) groups is 1. The normalized spacial score (nSPS) is 10.5. The number of hydrogen-bond acceptors (Lipinski definition) is 5. The van der Waals surface area contributed by atoms with Crippen LogP contribution in [0.3, 0.4) is 0 Å². The highest BCUT2D eigenvalue weighted by atomic mass is 16.3. The van der Waals surface area contributed by atoms with Crippen molar-refractivity contribution in [2.75, 3.05) is 5.32 Å². The second-order valence-electron chi connectivity index (χ2n) is 5.87. The summed E-state index contributed by atoms with van der Waals surface area (Å²) in [5, 5.41) is 6.01. The van der Waals surface area contributed by atoms with E-state index >= 15 is 0 Å². The number of amides is 1. The summed E-state index contributed by atoms with van der Waals surface area (Å²) in [5.41, 5.74) is 3.64. The van der Waals surface area contributed by atoms with Crippen LogP contribution in [0.5, 0.6) is 0 Å². The standard InChI is InChI=1S/C19H20N4O2/c1-12-6-7-15(9-13(12)2)23-18-10-17(21-14(3)22-18)19(24)20-11-16-5-4-8-25-16/h4-10H,11H2,1-3H3,(H,20,24)(H,21,22,23). The molecule has 0 unspecified atom stereocenters. The van der Waals surface area contributed by atoms with Crippen LogP contribution in [0.15, 0.2) is 47.1 Å². The van der Waals surface area contributed by atoms with E-state index in [1.54, 1.807) is 31.4 Å². The number of carbonyl (C=O) groups excluding carboxylic acids is 1. The number of rotatable bonds is 5. The number of nitrogens with zero attached hydrogens (tertiary/aromatic N) is 2. The number of nitrogens with one attached hydrogen (secondary N) is 2. The summed E-state index contributed by atoms with van der Waals surface area (Å²) in [6.45, 7) is 6.19. The van der Waals surface area contributed by atoms with Crippen molar-refractivity contribution in [1.29, 1.82) is 0 Å². The summed E-state index contributed by atoms with van der Waals surface area (Å²) in [6.07, 6.45) is 1.57. The molecular weight excluding hydrogens is 316 g/mol. The first-order valence-corrected chi connectivity index (χ1v) is 8.02. The van der Waals surface area contributed by atoms with Gasteiger partial charge in [-0.2, -0.15) is 0 Å². The minimum Gasteiger partial charge on any atom is -0.467 e. The number of furan rings is 1. The maximum absolute atomic E-state index is 12.3. The SMILES string of the molecule is Cc1nc(Nc2ccc(C)c(C)c2)cc(C(=O)NCc2ccco2)n1. The number of aromatic nitrogens is 2. The van der Waals surface area contributed by atoms with Crippen LogP contribution in [0.1, 0.15) is 33.2 Å². The molecule has 0 bridgehead atoms. The van der Waals surface area contributed by atoms with E-state index in [4.69, 9.17) is 4.42 Å². The van der Waals surface area contributed by atoms with E-state index < -0.39 is 0 Å². The molecule has 2 N–H and O–H groups in total. The molecule has 6 nitrogen and oxygen atoms in total. The van der Waals surface area contributed by atoms with Crippen LogP contribution < -0.4 is 10.6 Å². The van der Waals surface area contributed by atoms with Gasteiger partial charge in [0.1, 0.15) is 23.1 Å². The van der Waals surface area contributed by atoms with E-state index in [1.165, 1.54) is 11.1 Å². The molecule has 3 rings (SSSR count). The van der Waals surface area contributed by atoms with E-state index in [-0.39, 0.29) is 5.91 Å². The van der Waals surface area contributed by atoms with Crippen LogP contribution >= 0.6 is 0 Å². The van der Waals surface area contributed by atoms with Crippen molar-refractivity contribution in [1.82, 2.24) is 15.3 Å². The lowest BCUT2D eigenvalue weighted by Crippen LogP contribution is -2.24. The maximum Gasteiger partial charge on any atom is 0.270 e. The third kappa shape index (κ3) is 4.23.